The van der Waals surface area contributed by atoms with Crippen LogP contribution in [0.2, 0.25) is 5.02 Å². The first-order valence-electron chi connectivity index (χ1n) is 7.95. The molecule has 1 aliphatic carbocycles. The molecule has 1 saturated carbocycles. The molecule has 0 saturated heterocycles. The molecule has 1 atom stereocenters. The SMILES string of the molecule is COc1cc(OC)c(NC(=O)[C@H](NC(C)=O)C2CCCC2)cc1Cl. The van der Waals surface area contributed by atoms with E-state index in [-0.39, 0.29) is 17.7 Å². The molecule has 0 radical (unpaired) electrons. The number of methoxy groups -OCH3 is 2. The highest BCUT2D eigenvalue weighted by atomic mass is 35.5. The molecule has 2 N–H and O–H groups in total. The number of anilines is 1. The minimum absolute atomic E-state index is 0.147. The van der Waals surface area contributed by atoms with Gasteiger partial charge in [-0.3, -0.25) is 9.59 Å². The molecule has 0 heterocycles. The third-order valence-electron chi connectivity index (χ3n) is 4.24. The summed E-state index contributed by atoms with van der Waals surface area (Å²) in [6.45, 7) is 1.42. The molecule has 1 aliphatic rings. The summed E-state index contributed by atoms with van der Waals surface area (Å²) in [6, 6.07) is 2.63. The van der Waals surface area contributed by atoms with Gasteiger partial charge in [-0.05, 0) is 24.8 Å². The Bertz CT molecular complexity index is 615. The Kier molecular flexibility index (Phi) is 6.31. The summed E-state index contributed by atoms with van der Waals surface area (Å²) < 4.78 is 10.4. The largest absolute Gasteiger partial charge is 0.495 e. The molecule has 0 spiro atoms. The normalized spacial score (nSPS) is 15.7. The Hall–Kier alpha value is -1.95. The standard InChI is InChI=1S/C17H23ClN2O4/c1-10(21)19-16(11-6-4-5-7-11)17(22)20-13-8-12(18)14(23-2)9-15(13)24-3/h8-9,11,16H,4-7H2,1-3H3,(H,19,21)(H,20,22)/t16-/m1/s1. The van der Waals surface area contributed by atoms with Gasteiger partial charge in [0.2, 0.25) is 11.8 Å². The van der Waals surface area contributed by atoms with E-state index >= 15 is 0 Å². The second-order valence-electron chi connectivity index (χ2n) is 5.90. The highest BCUT2D eigenvalue weighted by Crippen LogP contribution is 2.36. The van der Waals surface area contributed by atoms with E-state index in [4.69, 9.17) is 21.1 Å². The molecule has 0 aliphatic heterocycles. The van der Waals surface area contributed by atoms with Crippen molar-refractivity contribution >= 4 is 29.1 Å². The number of benzene rings is 1. The minimum Gasteiger partial charge on any atom is -0.495 e. The number of amides is 2. The molecule has 132 valence electrons. The van der Waals surface area contributed by atoms with E-state index in [0.29, 0.717) is 22.2 Å². The van der Waals surface area contributed by atoms with Gasteiger partial charge >= 0.3 is 0 Å². The quantitative estimate of drug-likeness (QED) is 0.823. The Morgan fingerprint density at radius 1 is 1.17 bits per heavy atom. The molecular formula is C17H23ClN2O4. The summed E-state index contributed by atoms with van der Waals surface area (Å²) in [5.41, 5.74) is 0.446. The summed E-state index contributed by atoms with van der Waals surface area (Å²) >= 11 is 6.13. The van der Waals surface area contributed by atoms with Crippen molar-refractivity contribution in [1.82, 2.24) is 5.32 Å². The van der Waals surface area contributed by atoms with Crippen LogP contribution >= 0.6 is 11.6 Å². The molecule has 1 aromatic rings. The van der Waals surface area contributed by atoms with E-state index in [0.717, 1.165) is 25.7 Å². The van der Waals surface area contributed by atoms with Crippen LogP contribution in [-0.4, -0.2) is 32.1 Å². The van der Waals surface area contributed by atoms with E-state index in [9.17, 15) is 9.59 Å². The Labute approximate surface area is 146 Å². The topological polar surface area (TPSA) is 76.7 Å². The van der Waals surface area contributed by atoms with Gasteiger partial charge in [-0.2, -0.15) is 0 Å². The monoisotopic (exact) mass is 354 g/mol. The number of halogens is 1. The molecule has 0 aromatic heterocycles. The van der Waals surface area contributed by atoms with Crippen molar-refractivity contribution in [2.24, 2.45) is 5.92 Å². The van der Waals surface area contributed by atoms with E-state index in [1.165, 1.54) is 21.1 Å². The smallest absolute Gasteiger partial charge is 0.247 e. The molecule has 0 bridgehead atoms. The van der Waals surface area contributed by atoms with Gasteiger partial charge in [0.15, 0.2) is 0 Å². The van der Waals surface area contributed by atoms with E-state index < -0.39 is 6.04 Å². The zero-order valence-electron chi connectivity index (χ0n) is 14.1. The predicted molar refractivity (Wildman–Crippen MR) is 92.7 cm³/mol. The molecule has 24 heavy (non-hydrogen) atoms. The minimum atomic E-state index is -0.560. The highest BCUT2D eigenvalue weighted by molar-refractivity contribution is 6.32. The van der Waals surface area contributed by atoms with Gasteiger partial charge in [-0.1, -0.05) is 24.4 Å². The van der Waals surface area contributed by atoms with Crippen molar-refractivity contribution in [1.29, 1.82) is 0 Å². The van der Waals surface area contributed by atoms with Crippen LogP contribution in [0.1, 0.15) is 32.6 Å². The molecule has 1 aromatic carbocycles. The molecule has 7 heteroatoms. The van der Waals surface area contributed by atoms with Crippen LogP contribution in [0.3, 0.4) is 0 Å². The van der Waals surface area contributed by atoms with Gasteiger partial charge in [0.1, 0.15) is 17.5 Å². The number of carbonyl (C=O) groups excluding carboxylic acids is 2. The van der Waals surface area contributed by atoms with Gasteiger partial charge in [-0.15, -0.1) is 0 Å². The molecule has 1 fully saturated rings. The van der Waals surface area contributed by atoms with Crippen molar-refractivity contribution in [2.75, 3.05) is 19.5 Å². The summed E-state index contributed by atoms with van der Waals surface area (Å²) in [5, 5.41) is 5.95. The molecule has 0 unspecified atom stereocenters. The van der Waals surface area contributed by atoms with Crippen LogP contribution < -0.4 is 20.1 Å². The summed E-state index contributed by atoms with van der Waals surface area (Å²) in [5.74, 6) is 0.561. The average molecular weight is 355 g/mol. The Morgan fingerprint density at radius 3 is 2.33 bits per heavy atom. The third kappa shape index (κ3) is 4.32. The number of nitrogens with one attached hydrogen (secondary N) is 2. The van der Waals surface area contributed by atoms with Gasteiger partial charge in [0.25, 0.3) is 0 Å². The Morgan fingerprint density at radius 2 is 1.79 bits per heavy atom. The number of carbonyl (C=O) groups is 2. The van der Waals surface area contributed by atoms with E-state index in [1.54, 1.807) is 12.1 Å². The number of rotatable bonds is 6. The van der Waals surface area contributed by atoms with Crippen LogP contribution in [0.15, 0.2) is 12.1 Å². The molecule has 6 nitrogen and oxygen atoms in total. The van der Waals surface area contributed by atoms with Crippen molar-refractivity contribution in [3.8, 4) is 11.5 Å². The Balaban J connectivity index is 2.22. The predicted octanol–water partition coefficient (Wildman–Crippen LogP) is 2.99. The van der Waals surface area contributed by atoms with Crippen molar-refractivity contribution in [3.63, 3.8) is 0 Å². The molecular weight excluding hydrogens is 332 g/mol. The number of ether oxygens (including phenoxy) is 2. The first-order valence-corrected chi connectivity index (χ1v) is 8.33. The van der Waals surface area contributed by atoms with Crippen molar-refractivity contribution < 1.29 is 19.1 Å². The van der Waals surface area contributed by atoms with Crippen LogP contribution in [0.25, 0.3) is 0 Å². The van der Waals surface area contributed by atoms with Crippen LogP contribution in [0.4, 0.5) is 5.69 Å². The van der Waals surface area contributed by atoms with Gasteiger partial charge in [-0.25, -0.2) is 0 Å². The summed E-state index contributed by atoms with van der Waals surface area (Å²) in [4.78, 5) is 24.2. The number of hydrogen-bond donors (Lipinski definition) is 2. The van der Waals surface area contributed by atoms with Gasteiger partial charge in [0, 0.05) is 13.0 Å². The van der Waals surface area contributed by atoms with Crippen molar-refractivity contribution in [3.05, 3.63) is 17.2 Å². The lowest BCUT2D eigenvalue weighted by Crippen LogP contribution is -2.47. The zero-order chi connectivity index (χ0) is 17.7. The lowest BCUT2D eigenvalue weighted by Gasteiger charge is -2.24. The fraction of sp³-hybridized carbons (Fsp3) is 0.529. The zero-order valence-corrected chi connectivity index (χ0v) is 14.9. The maximum atomic E-state index is 12.7. The average Bonchev–Trinajstić information content (AvgIpc) is 3.06. The lowest BCUT2D eigenvalue weighted by molar-refractivity contribution is -0.126. The second-order valence-corrected chi connectivity index (χ2v) is 6.31. The van der Waals surface area contributed by atoms with Crippen LogP contribution in [-0.2, 0) is 9.59 Å². The maximum absolute atomic E-state index is 12.7. The van der Waals surface area contributed by atoms with Crippen molar-refractivity contribution in [2.45, 2.75) is 38.6 Å². The summed E-state index contributed by atoms with van der Waals surface area (Å²) in [7, 11) is 3.01. The van der Waals surface area contributed by atoms with Gasteiger partial charge < -0.3 is 20.1 Å². The maximum Gasteiger partial charge on any atom is 0.247 e. The lowest BCUT2D eigenvalue weighted by atomic mass is 9.97. The first kappa shape index (κ1) is 18.4. The first-order chi connectivity index (χ1) is 11.5. The van der Waals surface area contributed by atoms with Crippen LogP contribution in [0, 0.1) is 5.92 Å². The second kappa shape index (κ2) is 8.24. The molecule has 2 rings (SSSR count). The molecule has 2 amide bonds. The van der Waals surface area contributed by atoms with Gasteiger partial charge in [0.05, 0.1) is 24.9 Å². The van der Waals surface area contributed by atoms with E-state index in [2.05, 4.69) is 10.6 Å². The third-order valence-corrected chi connectivity index (χ3v) is 4.54. The fourth-order valence-corrected chi connectivity index (χ4v) is 3.32. The van der Waals surface area contributed by atoms with E-state index in [1.807, 2.05) is 0 Å². The summed E-state index contributed by atoms with van der Waals surface area (Å²) in [6.07, 6.45) is 4.01. The fourth-order valence-electron chi connectivity index (χ4n) is 3.08. The van der Waals surface area contributed by atoms with Crippen LogP contribution in [0.5, 0.6) is 11.5 Å². The highest BCUT2D eigenvalue weighted by Gasteiger charge is 2.31. The number of hydrogen-bond acceptors (Lipinski definition) is 4.